The molecule has 1 heterocycles. The minimum absolute atomic E-state index is 0.0582. The standard InChI is InChI=1S/C22H22N4O3/c1-15(16-7-3-2-4-8-16)26-14-17(13-21(26)28)22(29)25-19-10-6-5-9-18(19)24-20(27)11-12-23/h2-10,15,17H,11,13-14H2,1H3,(H,24,27)(H,25,29). The Kier molecular flexibility index (Phi) is 6.25. The van der Waals surface area contributed by atoms with Gasteiger partial charge in [0, 0.05) is 13.0 Å². The number of amides is 3. The first kappa shape index (κ1) is 20.1. The molecule has 0 aliphatic carbocycles. The van der Waals surface area contributed by atoms with E-state index in [1.165, 1.54) is 0 Å². The van der Waals surface area contributed by atoms with Gasteiger partial charge < -0.3 is 15.5 Å². The molecule has 29 heavy (non-hydrogen) atoms. The molecule has 1 fully saturated rings. The Bertz CT molecular complexity index is 952. The number of rotatable bonds is 6. The lowest BCUT2D eigenvalue weighted by atomic mass is 10.1. The van der Waals surface area contributed by atoms with E-state index in [0.29, 0.717) is 17.9 Å². The van der Waals surface area contributed by atoms with Gasteiger partial charge in [-0.05, 0) is 24.6 Å². The third-order valence-electron chi connectivity index (χ3n) is 4.98. The Morgan fingerprint density at radius 3 is 2.38 bits per heavy atom. The van der Waals surface area contributed by atoms with E-state index in [0.717, 1.165) is 5.56 Å². The van der Waals surface area contributed by atoms with Crippen LogP contribution in [0.5, 0.6) is 0 Å². The van der Waals surface area contributed by atoms with Gasteiger partial charge in [0.05, 0.1) is 29.4 Å². The number of hydrogen-bond acceptors (Lipinski definition) is 4. The normalized spacial score (nSPS) is 16.8. The van der Waals surface area contributed by atoms with Crippen molar-refractivity contribution in [2.75, 3.05) is 17.2 Å². The Labute approximate surface area is 169 Å². The fourth-order valence-corrected chi connectivity index (χ4v) is 3.40. The summed E-state index contributed by atoms with van der Waals surface area (Å²) in [6.45, 7) is 2.29. The highest BCUT2D eigenvalue weighted by molar-refractivity contribution is 6.02. The van der Waals surface area contributed by atoms with Gasteiger partial charge in [-0.15, -0.1) is 0 Å². The van der Waals surface area contributed by atoms with Crippen LogP contribution in [0.3, 0.4) is 0 Å². The summed E-state index contributed by atoms with van der Waals surface area (Å²) in [7, 11) is 0. The quantitative estimate of drug-likeness (QED) is 0.791. The van der Waals surface area contributed by atoms with Gasteiger partial charge in [-0.3, -0.25) is 14.4 Å². The van der Waals surface area contributed by atoms with Crippen molar-refractivity contribution in [1.29, 1.82) is 5.26 Å². The van der Waals surface area contributed by atoms with Gasteiger partial charge in [0.15, 0.2) is 0 Å². The third-order valence-corrected chi connectivity index (χ3v) is 4.98. The monoisotopic (exact) mass is 390 g/mol. The van der Waals surface area contributed by atoms with E-state index in [4.69, 9.17) is 5.26 Å². The maximum atomic E-state index is 12.8. The van der Waals surface area contributed by atoms with Gasteiger partial charge in [0.1, 0.15) is 6.42 Å². The average Bonchev–Trinajstić information content (AvgIpc) is 3.11. The molecule has 2 aromatic rings. The summed E-state index contributed by atoms with van der Waals surface area (Å²) in [6, 6.07) is 18.1. The molecule has 2 aromatic carbocycles. The molecule has 0 saturated carbocycles. The average molecular weight is 390 g/mol. The van der Waals surface area contributed by atoms with Crippen LogP contribution in [0.1, 0.15) is 31.4 Å². The topological polar surface area (TPSA) is 102 Å². The number of hydrogen-bond donors (Lipinski definition) is 2. The second-order valence-corrected chi connectivity index (χ2v) is 6.95. The van der Waals surface area contributed by atoms with E-state index < -0.39 is 11.8 Å². The summed E-state index contributed by atoms with van der Waals surface area (Å²) >= 11 is 0. The van der Waals surface area contributed by atoms with Crippen LogP contribution in [0.4, 0.5) is 11.4 Å². The molecule has 7 heteroatoms. The minimum Gasteiger partial charge on any atom is -0.335 e. The molecular weight excluding hydrogens is 368 g/mol. The van der Waals surface area contributed by atoms with Gasteiger partial charge in [-0.2, -0.15) is 5.26 Å². The number of carbonyl (C=O) groups excluding carboxylic acids is 3. The molecule has 7 nitrogen and oxygen atoms in total. The largest absolute Gasteiger partial charge is 0.335 e. The van der Waals surface area contributed by atoms with E-state index in [1.807, 2.05) is 37.3 Å². The molecular formula is C22H22N4O3. The van der Waals surface area contributed by atoms with E-state index in [9.17, 15) is 14.4 Å². The predicted octanol–water partition coefficient (Wildman–Crippen LogP) is 3.09. The molecule has 2 unspecified atom stereocenters. The maximum absolute atomic E-state index is 12.8. The number of nitrogens with one attached hydrogen (secondary N) is 2. The van der Waals surface area contributed by atoms with Gasteiger partial charge in [-0.25, -0.2) is 0 Å². The SMILES string of the molecule is CC(c1ccccc1)N1CC(C(=O)Nc2ccccc2NC(=O)CC#N)CC1=O. The molecule has 1 aliphatic heterocycles. The highest BCUT2D eigenvalue weighted by Crippen LogP contribution is 2.30. The summed E-state index contributed by atoms with van der Waals surface area (Å²) in [4.78, 5) is 38.7. The molecule has 0 radical (unpaired) electrons. The minimum atomic E-state index is -0.475. The van der Waals surface area contributed by atoms with E-state index in [1.54, 1.807) is 35.2 Å². The van der Waals surface area contributed by atoms with Gasteiger partial charge >= 0.3 is 0 Å². The molecule has 0 spiro atoms. The molecule has 2 N–H and O–H groups in total. The summed E-state index contributed by atoms with van der Waals surface area (Å²) in [5, 5.41) is 14.0. The van der Waals surface area contributed by atoms with Crippen LogP contribution in [-0.2, 0) is 14.4 Å². The number of nitriles is 1. The Hall–Kier alpha value is -3.66. The molecule has 148 valence electrons. The van der Waals surface area contributed by atoms with E-state index >= 15 is 0 Å². The molecule has 3 rings (SSSR count). The zero-order valence-corrected chi connectivity index (χ0v) is 16.1. The van der Waals surface area contributed by atoms with Crippen molar-refractivity contribution in [2.24, 2.45) is 5.92 Å². The molecule has 2 atom stereocenters. The first-order valence-corrected chi connectivity index (χ1v) is 9.40. The highest BCUT2D eigenvalue weighted by atomic mass is 16.2. The van der Waals surface area contributed by atoms with Crippen molar-refractivity contribution in [3.8, 4) is 6.07 Å². The lowest BCUT2D eigenvalue weighted by Crippen LogP contribution is -2.30. The van der Waals surface area contributed by atoms with Crippen LogP contribution in [-0.4, -0.2) is 29.2 Å². The molecule has 0 aromatic heterocycles. The molecule has 3 amide bonds. The smallest absolute Gasteiger partial charge is 0.238 e. The summed E-state index contributed by atoms with van der Waals surface area (Å²) in [5.41, 5.74) is 1.87. The van der Waals surface area contributed by atoms with Gasteiger partial charge in [-0.1, -0.05) is 42.5 Å². The molecule has 1 aliphatic rings. The van der Waals surface area contributed by atoms with Crippen molar-refractivity contribution in [3.05, 3.63) is 60.2 Å². The number of carbonyl (C=O) groups is 3. The Balaban J connectivity index is 1.67. The fraction of sp³-hybridized carbons (Fsp3) is 0.273. The fourth-order valence-electron chi connectivity index (χ4n) is 3.40. The number of nitrogens with zero attached hydrogens (tertiary/aromatic N) is 2. The number of para-hydroxylation sites is 2. The Morgan fingerprint density at radius 1 is 1.10 bits per heavy atom. The van der Waals surface area contributed by atoms with Crippen LogP contribution in [0.15, 0.2) is 54.6 Å². The molecule has 0 bridgehead atoms. The van der Waals surface area contributed by atoms with Gasteiger partial charge in [0.25, 0.3) is 0 Å². The maximum Gasteiger partial charge on any atom is 0.238 e. The molecule has 1 saturated heterocycles. The van der Waals surface area contributed by atoms with E-state index in [-0.39, 0.29) is 30.7 Å². The lowest BCUT2D eigenvalue weighted by Gasteiger charge is -2.25. The van der Waals surface area contributed by atoms with Crippen LogP contribution < -0.4 is 10.6 Å². The highest BCUT2D eigenvalue weighted by Gasteiger charge is 2.37. The zero-order valence-electron chi connectivity index (χ0n) is 16.1. The van der Waals surface area contributed by atoms with Crippen molar-refractivity contribution in [2.45, 2.75) is 25.8 Å². The second-order valence-electron chi connectivity index (χ2n) is 6.95. The second kappa shape index (κ2) is 9.02. The van der Waals surface area contributed by atoms with Crippen molar-refractivity contribution in [1.82, 2.24) is 4.90 Å². The first-order chi connectivity index (χ1) is 14.0. The van der Waals surface area contributed by atoms with Crippen LogP contribution >= 0.6 is 0 Å². The van der Waals surface area contributed by atoms with Crippen molar-refractivity contribution in [3.63, 3.8) is 0 Å². The number of anilines is 2. The summed E-state index contributed by atoms with van der Waals surface area (Å²) in [6.07, 6.45) is -0.127. The summed E-state index contributed by atoms with van der Waals surface area (Å²) < 4.78 is 0. The number of benzene rings is 2. The van der Waals surface area contributed by atoms with Crippen molar-refractivity contribution < 1.29 is 14.4 Å². The van der Waals surface area contributed by atoms with Crippen LogP contribution in [0, 0.1) is 17.2 Å². The third kappa shape index (κ3) is 4.79. The van der Waals surface area contributed by atoms with Crippen LogP contribution in [0.25, 0.3) is 0 Å². The lowest BCUT2D eigenvalue weighted by molar-refractivity contribution is -0.129. The van der Waals surface area contributed by atoms with Crippen LogP contribution in [0.2, 0.25) is 0 Å². The summed E-state index contributed by atoms with van der Waals surface area (Å²) in [5.74, 6) is -1.26. The Morgan fingerprint density at radius 2 is 1.72 bits per heavy atom. The number of likely N-dealkylation sites (tertiary alicyclic amines) is 1. The zero-order chi connectivity index (χ0) is 20.8. The van der Waals surface area contributed by atoms with E-state index in [2.05, 4.69) is 10.6 Å². The predicted molar refractivity (Wildman–Crippen MR) is 109 cm³/mol. The van der Waals surface area contributed by atoms with Gasteiger partial charge in [0.2, 0.25) is 17.7 Å². The van der Waals surface area contributed by atoms with Crippen molar-refractivity contribution >= 4 is 29.1 Å². The first-order valence-electron chi connectivity index (χ1n) is 9.40.